The van der Waals surface area contributed by atoms with Gasteiger partial charge in [-0.25, -0.2) is 14.5 Å². The first kappa shape index (κ1) is 15.8. The first-order valence-corrected chi connectivity index (χ1v) is 7.38. The van der Waals surface area contributed by atoms with E-state index in [4.69, 9.17) is 4.74 Å². The summed E-state index contributed by atoms with van der Waals surface area (Å²) in [7, 11) is 0. The van der Waals surface area contributed by atoms with E-state index in [-0.39, 0.29) is 23.0 Å². The van der Waals surface area contributed by atoms with E-state index in [0.29, 0.717) is 0 Å². The maximum atomic E-state index is 12.1. The van der Waals surface area contributed by atoms with Crippen LogP contribution >= 0.6 is 11.3 Å². The van der Waals surface area contributed by atoms with Gasteiger partial charge in [0.1, 0.15) is 6.04 Å². The molecule has 22 heavy (non-hydrogen) atoms. The Hall–Kier alpha value is -2.55. The number of anilines is 1. The highest BCUT2D eigenvalue weighted by Crippen LogP contribution is 2.17. The van der Waals surface area contributed by atoms with Gasteiger partial charge in [-0.15, -0.1) is 11.3 Å². The van der Waals surface area contributed by atoms with Crippen LogP contribution < -0.4 is 10.9 Å². The summed E-state index contributed by atoms with van der Waals surface area (Å²) in [4.78, 5) is 39.2. The van der Waals surface area contributed by atoms with Crippen LogP contribution in [0.3, 0.4) is 0 Å². The molecule has 2 heterocycles. The molecule has 0 saturated carbocycles. The number of aromatic nitrogens is 3. The molecule has 0 aliphatic heterocycles. The van der Waals surface area contributed by atoms with Crippen LogP contribution in [0, 0.1) is 0 Å². The van der Waals surface area contributed by atoms with Gasteiger partial charge >= 0.3 is 5.97 Å². The molecule has 116 valence electrons. The molecule has 0 aromatic carbocycles. The summed E-state index contributed by atoms with van der Waals surface area (Å²) >= 11 is 1.10. The Bertz CT molecular complexity index is 739. The Balaban J connectivity index is 2.08. The van der Waals surface area contributed by atoms with E-state index in [9.17, 15) is 14.4 Å². The van der Waals surface area contributed by atoms with Gasteiger partial charge in [-0.1, -0.05) is 0 Å². The molecular formula is C13H14N4O4S. The standard InChI is InChI=1S/C13H14N4O4S/c1-3-21-12(20)9-7-22-13(15-9)16-11(19)8(2)17-10(18)5-4-6-14-17/h4-8H,3H2,1-2H3,(H,15,16,19). The van der Waals surface area contributed by atoms with Gasteiger partial charge in [0.25, 0.3) is 11.5 Å². The van der Waals surface area contributed by atoms with Crippen molar-refractivity contribution in [2.75, 3.05) is 11.9 Å². The van der Waals surface area contributed by atoms with Crippen LogP contribution in [-0.4, -0.2) is 33.2 Å². The zero-order chi connectivity index (χ0) is 16.1. The summed E-state index contributed by atoms with van der Waals surface area (Å²) in [6, 6.07) is 2.01. The van der Waals surface area contributed by atoms with E-state index >= 15 is 0 Å². The number of amides is 1. The molecule has 9 heteroatoms. The number of thiazole rings is 1. The second kappa shape index (κ2) is 6.94. The topological polar surface area (TPSA) is 103 Å². The lowest BCUT2D eigenvalue weighted by Crippen LogP contribution is -2.32. The maximum Gasteiger partial charge on any atom is 0.357 e. The number of nitrogens with one attached hydrogen (secondary N) is 1. The third-order valence-electron chi connectivity index (χ3n) is 2.71. The van der Waals surface area contributed by atoms with Gasteiger partial charge in [-0.2, -0.15) is 5.10 Å². The minimum atomic E-state index is -0.802. The number of nitrogens with zero attached hydrogens (tertiary/aromatic N) is 3. The van der Waals surface area contributed by atoms with Crippen molar-refractivity contribution >= 4 is 28.3 Å². The van der Waals surface area contributed by atoms with Crippen molar-refractivity contribution in [1.82, 2.24) is 14.8 Å². The first-order valence-electron chi connectivity index (χ1n) is 6.50. The molecule has 0 radical (unpaired) electrons. The highest BCUT2D eigenvalue weighted by Gasteiger charge is 2.19. The summed E-state index contributed by atoms with van der Waals surface area (Å²) < 4.78 is 5.88. The van der Waals surface area contributed by atoms with Crippen molar-refractivity contribution in [3.63, 3.8) is 0 Å². The highest BCUT2D eigenvalue weighted by atomic mass is 32.1. The molecule has 8 nitrogen and oxygen atoms in total. The first-order chi connectivity index (χ1) is 10.5. The molecule has 0 spiro atoms. The van der Waals surface area contributed by atoms with E-state index in [1.54, 1.807) is 13.8 Å². The van der Waals surface area contributed by atoms with E-state index in [1.165, 1.54) is 23.7 Å². The monoisotopic (exact) mass is 322 g/mol. The summed E-state index contributed by atoms with van der Waals surface area (Å²) in [6.07, 6.45) is 1.42. The van der Waals surface area contributed by atoms with Crippen molar-refractivity contribution in [1.29, 1.82) is 0 Å². The Labute approximate surface area is 129 Å². The number of esters is 1. The number of carbonyl (C=O) groups is 2. The summed E-state index contributed by atoms with van der Waals surface area (Å²) in [6.45, 7) is 3.49. The lowest BCUT2D eigenvalue weighted by atomic mass is 10.3. The molecule has 1 atom stereocenters. The second-order valence-electron chi connectivity index (χ2n) is 4.23. The Morgan fingerprint density at radius 3 is 2.95 bits per heavy atom. The van der Waals surface area contributed by atoms with Gasteiger partial charge in [0.15, 0.2) is 10.8 Å². The van der Waals surface area contributed by atoms with Crippen molar-refractivity contribution in [2.24, 2.45) is 0 Å². The average Bonchev–Trinajstić information content (AvgIpc) is 2.96. The van der Waals surface area contributed by atoms with Crippen LogP contribution in [0.1, 0.15) is 30.4 Å². The van der Waals surface area contributed by atoms with E-state index in [0.717, 1.165) is 16.0 Å². The lowest BCUT2D eigenvalue weighted by molar-refractivity contribution is -0.119. The smallest absolute Gasteiger partial charge is 0.357 e. The number of rotatable bonds is 5. The van der Waals surface area contributed by atoms with Crippen molar-refractivity contribution in [3.05, 3.63) is 39.8 Å². The molecule has 2 rings (SSSR count). The van der Waals surface area contributed by atoms with Crippen LogP contribution in [0.4, 0.5) is 5.13 Å². The van der Waals surface area contributed by atoms with Gasteiger partial charge < -0.3 is 10.1 Å². The molecule has 2 aromatic heterocycles. The molecule has 0 saturated heterocycles. The predicted molar refractivity (Wildman–Crippen MR) is 79.9 cm³/mol. The fourth-order valence-corrected chi connectivity index (χ4v) is 2.29. The quantitative estimate of drug-likeness (QED) is 0.826. The van der Waals surface area contributed by atoms with Crippen LogP contribution in [0.5, 0.6) is 0 Å². The number of hydrogen-bond acceptors (Lipinski definition) is 7. The lowest BCUT2D eigenvalue weighted by Gasteiger charge is -2.11. The van der Waals surface area contributed by atoms with Crippen LogP contribution in [0.25, 0.3) is 0 Å². The van der Waals surface area contributed by atoms with Gasteiger partial charge in [-0.3, -0.25) is 9.59 Å². The summed E-state index contributed by atoms with van der Waals surface area (Å²) in [5.41, 5.74) is -0.249. The Morgan fingerprint density at radius 1 is 1.50 bits per heavy atom. The van der Waals surface area contributed by atoms with Crippen LogP contribution in [-0.2, 0) is 9.53 Å². The molecule has 0 fully saturated rings. The predicted octanol–water partition coefficient (Wildman–Crippen LogP) is 1.08. The van der Waals surface area contributed by atoms with E-state index < -0.39 is 17.9 Å². The van der Waals surface area contributed by atoms with Crippen LogP contribution in [0.2, 0.25) is 0 Å². The number of ether oxygens (including phenoxy) is 1. The molecule has 0 aliphatic rings. The normalized spacial score (nSPS) is 11.7. The summed E-state index contributed by atoms with van der Waals surface area (Å²) in [5.74, 6) is -1.00. The summed E-state index contributed by atoms with van der Waals surface area (Å²) in [5, 5.41) is 8.14. The molecule has 1 amide bonds. The maximum absolute atomic E-state index is 12.1. The second-order valence-corrected chi connectivity index (χ2v) is 5.09. The van der Waals surface area contributed by atoms with E-state index in [2.05, 4.69) is 15.4 Å². The van der Waals surface area contributed by atoms with Gasteiger partial charge in [0.2, 0.25) is 0 Å². The minimum absolute atomic E-state index is 0.129. The zero-order valence-electron chi connectivity index (χ0n) is 12.0. The number of hydrogen-bond donors (Lipinski definition) is 1. The fraction of sp³-hybridized carbons (Fsp3) is 0.308. The van der Waals surface area contributed by atoms with Crippen molar-refractivity contribution in [3.8, 4) is 0 Å². The minimum Gasteiger partial charge on any atom is -0.461 e. The Kier molecular flexibility index (Phi) is 4.99. The third kappa shape index (κ3) is 3.55. The average molecular weight is 322 g/mol. The van der Waals surface area contributed by atoms with Crippen LogP contribution in [0.15, 0.2) is 28.5 Å². The fourth-order valence-electron chi connectivity index (χ4n) is 1.61. The molecule has 0 aliphatic carbocycles. The van der Waals surface area contributed by atoms with Gasteiger partial charge in [0, 0.05) is 17.6 Å². The molecule has 2 aromatic rings. The highest BCUT2D eigenvalue weighted by molar-refractivity contribution is 7.14. The van der Waals surface area contributed by atoms with Gasteiger partial charge in [0.05, 0.1) is 6.61 Å². The zero-order valence-corrected chi connectivity index (χ0v) is 12.8. The number of carbonyl (C=O) groups excluding carboxylic acids is 2. The van der Waals surface area contributed by atoms with Crippen molar-refractivity contribution in [2.45, 2.75) is 19.9 Å². The third-order valence-corrected chi connectivity index (χ3v) is 3.46. The molecule has 0 bridgehead atoms. The van der Waals surface area contributed by atoms with Crippen molar-refractivity contribution < 1.29 is 14.3 Å². The molecular weight excluding hydrogens is 308 g/mol. The molecule has 1 N–H and O–H groups in total. The largest absolute Gasteiger partial charge is 0.461 e. The van der Waals surface area contributed by atoms with Gasteiger partial charge in [-0.05, 0) is 19.9 Å². The van der Waals surface area contributed by atoms with E-state index in [1.807, 2.05) is 0 Å². The molecule has 1 unspecified atom stereocenters. The Morgan fingerprint density at radius 2 is 2.27 bits per heavy atom. The SMILES string of the molecule is CCOC(=O)c1csc(NC(=O)C(C)n2ncccc2=O)n1.